The Morgan fingerprint density at radius 2 is 1.11 bits per heavy atom. The van der Waals surface area contributed by atoms with E-state index in [1.54, 1.807) is 0 Å². The Labute approximate surface area is 279 Å². The molecule has 0 aliphatic carbocycles. The van der Waals surface area contributed by atoms with E-state index in [1.165, 1.54) is 65.5 Å². The maximum atomic E-state index is 11.6. The molecule has 0 saturated carbocycles. The van der Waals surface area contributed by atoms with Gasteiger partial charge in [0.2, 0.25) is 11.4 Å². The first-order valence-electron chi connectivity index (χ1n) is 17.5. The van der Waals surface area contributed by atoms with Crippen LogP contribution in [0.25, 0.3) is 16.9 Å². The number of nitrogens with zero attached hydrogens (tertiary/aromatic N) is 2. The summed E-state index contributed by atoms with van der Waals surface area (Å²) in [6.45, 7) is 15.0. The third-order valence-corrected chi connectivity index (χ3v) is 9.03. The van der Waals surface area contributed by atoms with E-state index in [4.69, 9.17) is 6.92 Å². The van der Waals surface area contributed by atoms with Gasteiger partial charge in [-0.3, -0.25) is 0 Å². The van der Waals surface area contributed by atoms with Crippen LogP contribution in [0.15, 0.2) is 59.7 Å². The van der Waals surface area contributed by atoms with E-state index in [-0.39, 0.29) is 18.7 Å². The summed E-state index contributed by atoms with van der Waals surface area (Å²) >= 11 is 0.0757. The van der Waals surface area contributed by atoms with Crippen molar-refractivity contribution < 1.29 is 30.3 Å². The molecule has 0 N–H and O–H groups in total. The third kappa shape index (κ3) is 12.8. The van der Waals surface area contributed by atoms with E-state index < -0.39 is 0 Å². The molecule has 3 rings (SSSR count). The van der Waals surface area contributed by atoms with Crippen LogP contribution in [0.5, 0.6) is 0 Å². The van der Waals surface area contributed by atoms with Gasteiger partial charge in [0.05, 0.1) is 0 Å². The van der Waals surface area contributed by atoms with Gasteiger partial charge in [-0.15, -0.1) is 0 Å². The van der Waals surface area contributed by atoms with Gasteiger partial charge in [-0.2, -0.15) is 0 Å². The number of rotatable bonds is 21. The van der Waals surface area contributed by atoms with Gasteiger partial charge in [0.1, 0.15) is 0 Å². The van der Waals surface area contributed by atoms with Gasteiger partial charge in [-0.25, -0.2) is 4.70 Å². The molecule has 0 atom stereocenters. The summed E-state index contributed by atoms with van der Waals surface area (Å²) in [4.78, 5) is 0. The van der Waals surface area contributed by atoms with Crippen LogP contribution < -0.4 is 0 Å². The minimum atomic E-state index is 0.0757. The Morgan fingerprint density at radius 3 is 1.68 bits per heavy atom. The van der Waals surface area contributed by atoms with E-state index in [2.05, 4.69) is 90.1 Å². The summed E-state index contributed by atoms with van der Waals surface area (Å²) < 4.78 is 12.0. The molecule has 0 fully saturated rings. The molecule has 0 radical (unpaired) electrons. The molecule has 1 aliphatic heterocycles. The Balaban J connectivity index is 0.000000523. The third-order valence-electron chi connectivity index (χ3n) is 8.02. The number of aryl methyl sites for hydroxylation is 2. The van der Waals surface area contributed by atoms with Crippen LogP contribution in [0, 0.1) is 0 Å². The molecule has 0 spiro atoms. The summed E-state index contributed by atoms with van der Waals surface area (Å²) in [6, 6.07) is 17.6. The molecule has 1 heterocycles. The fourth-order valence-electron chi connectivity index (χ4n) is 5.30. The second kappa shape index (κ2) is 23.4. The Bertz CT molecular complexity index is 1140. The van der Waals surface area contributed by atoms with Gasteiger partial charge in [0.15, 0.2) is 0 Å². The van der Waals surface area contributed by atoms with Crippen molar-refractivity contribution in [3.8, 4) is 0 Å². The zero-order valence-corrected chi connectivity index (χ0v) is 30.2. The molecule has 2 aromatic carbocycles. The predicted octanol–water partition coefficient (Wildman–Crippen LogP) is 12.1. The minimum absolute atomic E-state index is 0.0757. The second-order valence-electron chi connectivity index (χ2n) is 11.7. The summed E-state index contributed by atoms with van der Waals surface area (Å²) in [5.74, 6) is 0. The first kappa shape index (κ1) is 38.3. The van der Waals surface area contributed by atoms with Crippen molar-refractivity contribution in [2.45, 2.75) is 138 Å². The molecule has 1 aliphatic rings. The molecule has 4 nitrogen and oxygen atoms in total. The van der Waals surface area contributed by atoms with Crippen LogP contribution in [0.3, 0.4) is 0 Å². The van der Waals surface area contributed by atoms with Crippen LogP contribution >= 0.6 is 0 Å². The zero-order chi connectivity index (χ0) is 32.0. The molecule has 0 aromatic heterocycles. The number of unbranched alkanes of at least 4 members (excludes halogenated alkanes) is 6. The molecule has 0 saturated heterocycles. The predicted molar refractivity (Wildman–Crippen MR) is 184 cm³/mol. The summed E-state index contributed by atoms with van der Waals surface area (Å²) in [7, 11) is 0. The number of hydrogen-bond donors (Lipinski definition) is 0. The van der Waals surface area contributed by atoms with E-state index in [0.717, 1.165) is 93.5 Å². The average molecular weight is 695 g/mol. The van der Waals surface area contributed by atoms with Gasteiger partial charge in [-0.1, -0.05) is 77.6 Å². The van der Waals surface area contributed by atoms with Crippen molar-refractivity contribution in [3.05, 3.63) is 87.5 Å². The van der Waals surface area contributed by atoms with Crippen LogP contribution in [-0.2, 0) is 38.5 Å². The van der Waals surface area contributed by atoms with Gasteiger partial charge < -0.3 is 5.53 Å². The molecule has 248 valence electrons. The van der Waals surface area contributed by atoms with E-state index in [9.17, 15) is 5.53 Å². The molecule has 44 heavy (non-hydrogen) atoms. The molecular weight excluding hydrogens is 635 g/mol. The SMILES string of the molecule is CCCCCC1=C(c2cccc(CC)c2)[N+](=[N-])C(c2ccc(CCCC)cc2)=C1CCCC.CCCC[O][Pd][O]CCCC. The van der Waals surface area contributed by atoms with Crippen LogP contribution in [0.2, 0.25) is 0 Å². The van der Waals surface area contributed by atoms with E-state index in [1.807, 2.05) is 0 Å². The van der Waals surface area contributed by atoms with Crippen LogP contribution in [-0.4, -0.2) is 17.9 Å². The quantitative estimate of drug-likeness (QED) is 0.0741. The van der Waals surface area contributed by atoms with Crippen LogP contribution in [0.4, 0.5) is 0 Å². The average Bonchev–Trinajstić information content (AvgIpc) is 3.33. The van der Waals surface area contributed by atoms with Crippen molar-refractivity contribution in [3.63, 3.8) is 0 Å². The molecule has 0 amide bonds. The number of allylic oxidation sites excluding steroid dienone is 2. The molecule has 0 bridgehead atoms. The Morgan fingerprint density at radius 1 is 0.568 bits per heavy atom. The summed E-state index contributed by atoms with van der Waals surface area (Å²) in [6.07, 6.45) is 17.2. The normalized spacial score (nSPS) is 13.2. The first-order valence-corrected chi connectivity index (χ1v) is 18.8. The van der Waals surface area contributed by atoms with Crippen molar-refractivity contribution in [1.82, 2.24) is 0 Å². The summed E-state index contributed by atoms with van der Waals surface area (Å²) in [5.41, 5.74) is 21.3. The second-order valence-corrected chi connectivity index (χ2v) is 12.9. The van der Waals surface area contributed by atoms with E-state index >= 15 is 0 Å². The summed E-state index contributed by atoms with van der Waals surface area (Å²) in [5, 5.41) is 0. The van der Waals surface area contributed by atoms with Gasteiger partial charge in [0.25, 0.3) is 0 Å². The Hall–Kier alpha value is -1.90. The fraction of sp³-hybridized carbons (Fsp3) is 0.590. The van der Waals surface area contributed by atoms with Crippen molar-refractivity contribution >= 4 is 11.4 Å². The van der Waals surface area contributed by atoms with Crippen molar-refractivity contribution in [2.75, 3.05) is 13.2 Å². The molecular formula is C39H60N2O2Pd. The van der Waals surface area contributed by atoms with Crippen molar-refractivity contribution in [2.24, 2.45) is 0 Å². The Kier molecular flexibility index (Phi) is 20.4. The zero-order valence-electron chi connectivity index (χ0n) is 28.7. The van der Waals surface area contributed by atoms with Gasteiger partial charge in [-0.05, 0) is 80.3 Å². The monoisotopic (exact) mass is 694 g/mol. The van der Waals surface area contributed by atoms with E-state index in [0.29, 0.717) is 0 Å². The topological polar surface area (TPSA) is 43.8 Å². The first-order chi connectivity index (χ1) is 21.6. The number of benzene rings is 2. The standard InChI is InChI=1S/C31H42N2.2C4H9O.Pd/c1-5-9-12-18-29-28(17-11-7-3)30(26-21-19-25(20-22-26)14-10-6-2)33(32)31(29)27-16-13-15-24(8-4)23-27;2*1-2-3-4-5;/h13,15-16,19-23H,5-12,14,17-18H2,1-4H3;2*2-4H2,1H3;/q;2*-1;+2. The molecule has 5 heteroatoms. The maximum absolute atomic E-state index is 11.6. The van der Waals surface area contributed by atoms with Gasteiger partial charge >= 0.3 is 78.4 Å². The van der Waals surface area contributed by atoms with Crippen molar-refractivity contribution in [1.29, 1.82) is 0 Å². The fourth-order valence-corrected chi connectivity index (χ4v) is 6.14. The molecule has 0 unspecified atom stereocenters. The van der Waals surface area contributed by atoms with Gasteiger partial charge in [0, 0.05) is 22.3 Å². The molecule has 2 aromatic rings. The van der Waals surface area contributed by atoms with Crippen LogP contribution in [0.1, 0.15) is 147 Å². The number of hydrogen-bond acceptors (Lipinski definition) is 2.